The first-order valence-electron chi connectivity index (χ1n) is 9.20. The van der Waals surface area contributed by atoms with E-state index in [0.29, 0.717) is 17.1 Å². The average molecular weight is 418 g/mol. The van der Waals surface area contributed by atoms with Crippen molar-refractivity contribution in [2.45, 2.75) is 19.1 Å². The second-order valence-corrected chi connectivity index (χ2v) is 6.33. The average Bonchev–Trinajstić information content (AvgIpc) is 2.74. The van der Waals surface area contributed by atoms with Crippen molar-refractivity contribution >= 4 is 12.0 Å². The molecule has 0 bridgehead atoms. The summed E-state index contributed by atoms with van der Waals surface area (Å²) in [6.45, 7) is 0.995. The summed E-state index contributed by atoms with van der Waals surface area (Å²) in [4.78, 5) is 10.8. The highest BCUT2D eigenvalue weighted by molar-refractivity contribution is 5.66. The molecule has 2 aromatic carbocycles. The van der Waals surface area contributed by atoms with Crippen LogP contribution in [0.3, 0.4) is 0 Å². The maximum absolute atomic E-state index is 10.8. The molecule has 30 heavy (non-hydrogen) atoms. The quantitative estimate of drug-likeness (QED) is 0.504. The number of benzene rings is 2. The highest BCUT2D eigenvalue weighted by atomic mass is 16.5. The lowest BCUT2D eigenvalue weighted by Gasteiger charge is -2.24. The number of aliphatic hydroxyl groups excluding tert-OH is 2. The molecule has 0 spiro atoms. The Balaban J connectivity index is 2.22. The molecule has 0 heterocycles. The van der Waals surface area contributed by atoms with Gasteiger partial charge in [-0.15, -0.1) is 0 Å². The van der Waals surface area contributed by atoms with Crippen LogP contribution in [0.5, 0.6) is 23.0 Å². The Morgan fingerprint density at radius 2 is 1.80 bits per heavy atom. The number of hydrogen-bond donors (Lipinski definition) is 3. The molecule has 0 saturated carbocycles. The van der Waals surface area contributed by atoms with Gasteiger partial charge in [0.2, 0.25) is 0 Å². The Bertz CT molecular complexity index is 877. The van der Waals surface area contributed by atoms with Crippen molar-refractivity contribution in [3.05, 3.63) is 53.6 Å². The number of phenolic OH excluding ortho intramolecular Hbond substituents is 1. The lowest BCUT2D eigenvalue weighted by Crippen LogP contribution is -2.29. The third kappa shape index (κ3) is 6.13. The van der Waals surface area contributed by atoms with Crippen molar-refractivity contribution in [3.63, 3.8) is 0 Å². The van der Waals surface area contributed by atoms with E-state index in [-0.39, 0.29) is 24.1 Å². The lowest BCUT2D eigenvalue weighted by molar-refractivity contribution is -0.139. The molecule has 0 aliphatic heterocycles. The zero-order valence-corrected chi connectivity index (χ0v) is 17.1. The predicted octanol–water partition coefficient (Wildman–Crippen LogP) is 2.46. The van der Waals surface area contributed by atoms with Gasteiger partial charge in [0.1, 0.15) is 12.7 Å². The Kier molecular flexibility index (Phi) is 8.52. The number of hydrogen-bond acceptors (Lipinski definition) is 8. The van der Waals surface area contributed by atoms with Crippen LogP contribution in [0, 0.1) is 0 Å². The summed E-state index contributed by atoms with van der Waals surface area (Å²) in [5, 5.41) is 30.2. The van der Waals surface area contributed by atoms with Gasteiger partial charge in [-0.2, -0.15) is 0 Å². The van der Waals surface area contributed by atoms with Gasteiger partial charge in [-0.1, -0.05) is 18.2 Å². The predicted molar refractivity (Wildman–Crippen MR) is 110 cm³/mol. The number of esters is 1. The SMILES string of the molecule is COc1cc(C(O)C(CO)Oc2cc(/C=C/COC(C)=O)ccc2OC)ccc1O. The van der Waals surface area contributed by atoms with Gasteiger partial charge in [-0.3, -0.25) is 4.79 Å². The molecule has 0 amide bonds. The van der Waals surface area contributed by atoms with Crippen LogP contribution < -0.4 is 14.2 Å². The molecule has 0 radical (unpaired) electrons. The minimum Gasteiger partial charge on any atom is -0.504 e. The van der Waals surface area contributed by atoms with Crippen molar-refractivity contribution in [2.75, 3.05) is 27.4 Å². The maximum Gasteiger partial charge on any atom is 0.302 e. The molecule has 2 atom stereocenters. The minimum atomic E-state index is -1.20. The van der Waals surface area contributed by atoms with Crippen LogP contribution in [-0.2, 0) is 9.53 Å². The van der Waals surface area contributed by atoms with E-state index in [9.17, 15) is 20.1 Å². The molecule has 2 unspecified atom stereocenters. The van der Waals surface area contributed by atoms with Gasteiger partial charge in [0, 0.05) is 6.92 Å². The van der Waals surface area contributed by atoms with E-state index in [2.05, 4.69) is 0 Å². The van der Waals surface area contributed by atoms with E-state index in [1.54, 1.807) is 30.4 Å². The van der Waals surface area contributed by atoms with Crippen molar-refractivity contribution < 1.29 is 39.1 Å². The third-order valence-electron chi connectivity index (χ3n) is 4.24. The summed E-state index contributed by atoms with van der Waals surface area (Å²) in [5.74, 6) is 0.492. The molecule has 0 saturated heterocycles. The summed E-state index contributed by atoms with van der Waals surface area (Å²) in [6, 6.07) is 9.52. The summed E-state index contributed by atoms with van der Waals surface area (Å²) in [5.41, 5.74) is 1.15. The zero-order chi connectivity index (χ0) is 22.1. The molecule has 2 aromatic rings. The number of rotatable bonds is 10. The molecule has 0 fully saturated rings. The summed E-state index contributed by atoms with van der Waals surface area (Å²) in [6.07, 6.45) is 1.21. The first kappa shape index (κ1) is 23.1. The van der Waals surface area contributed by atoms with E-state index in [1.165, 1.54) is 39.3 Å². The van der Waals surface area contributed by atoms with Crippen molar-refractivity contribution in [3.8, 4) is 23.0 Å². The molecular formula is C22H26O8. The summed E-state index contributed by atoms with van der Waals surface area (Å²) < 4.78 is 21.1. The Morgan fingerprint density at radius 3 is 2.43 bits per heavy atom. The van der Waals surface area contributed by atoms with Gasteiger partial charge in [0.25, 0.3) is 0 Å². The lowest BCUT2D eigenvalue weighted by atomic mass is 10.0. The van der Waals surface area contributed by atoms with E-state index in [4.69, 9.17) is 18.9 Å². The highest BCUT2D eigenvalue weighted by Gasteiger charge is 2.24. The van der Waals surface area contributed by atoms with Crippen LogP contribution >= 0.6 is 0 Å². The monoisotopic (exact) mass is 418 g/mol. The smallest absolute Gasteiger partial charge is 0.302 e. The molecule has 162 valence electrons. The highest BCUT2D eigenvalue weighted by Crippen LogP contribution is 2.34. The van der Waals surface area contributed by atoms with Crippen molar-refractivity contribution in [1.29, 1.82) is 0 Å². The molecule has 0 aliphatic carbocycles. The van der Waals surface area contributed by atoms with E-state index in [0.717, 1.165) is 5.56 Å². The number of methoxy groups -OCH3 is 2. The van der Waals surface area contributed by atoms with Crippen LogP contribution in [-0.4, -0.2) is 54.8 Å². The number of aliphatic hydroxyl groups is 2. The largest absolute Gasteiger partial charge is 0.504 e. The summed E-state index contributed by atoms with van der Waals surface area (Å²) >= 11 is 0. The summed E-state index contributed by atoms with van der Waals surface area (Å²) in [7, 11) is 2.88. The van der Waals surface area contributed by atoms with E-state index in [1.807, 2.05) is 0 Å². The molecule has 2 rings (SSSR count). The first-order valence-corrected chi connectivity index (χ1v) is 9.20. The molecule has 0 aliphatic rings. The van der Waals surface area contributed by atoms with Crippen molar-refractivity contribution in [1.82, 2.24) is 0 Å². The van der Waals surface area contributed by atoms with Crippen LogP contribution in [0.1, 0.15) is 24.2 Å². The van der Waals surface area contributed by atoms with Gasteiger partial charge in [-0.05, 0) is 41.5 Å². The van der Waals surface area contributed by atoms with Crippen LogP contribution in [0.15, 0.2) is 42.5 Å². The number of phenols is 1. The normalized spacial score (nSPS) is 13.0. The Labute approximate surface area is 174 Å². The third-order valence-corrected chi connectivity index (χ3v) is 4.24. The Hall–Kier alpha value is -3.23. The van der Waals surface area contributed by atoms with E-state index < -0.39 is 18.8 Å². The Morgan fingerprint density at radius 1 is 1.07 bits per heavy atom. The van der Waals surface area contributed by atoms with Crippen molar-refractivity contribution in [2.24, 2.45) is 0 Å². The number of carbonyl (C=O) groups excluding carboxylic acids is 1. The molecule has 8 heteroatoms. The second kappa shape index (κ2) is 11.1. The second-order valence-electron chi connectivity index (χ2n) is 6.33. The zero-order valence-electron chi connectivity index (χ0n) is 17.1. The number of carbonyl (C=O) groups is 1. The molecule has 3 N–H and O–H groups in total. The molecule has 8 nitrogen and oxygen atoms in total. The standard InChI is InChI=1S/C22H26O8/c1-14(24)29-10-4-5-15-6-9-18(27-2)20(11-15)30-21(13-23)22(26)16-7-8-17(25)19(12-16)28-3/h4-9,11-12,21-23,25-26H,10,13H2,1-3H3/b5-4+. The molecule has 0 aromatic heterocycles. The van der Waals surface area contributed by atoms with Gasteiger partial charge < -0.3 is 34.3 Å². The first-order chi connectivity index (χ1) is 14.4. The van der Waals surface area contributed by atoms with Gasteiger partial charge in [0.05, 0.1) is 20.8 Å². The van der Waals surface area contributed by atoms with Gasteiger partial charge >= 0.3 is 5.97 Å². The maximum atomic E-state index is 10.8. The van der Waals surface area contributed by atoms with Gasteiger partial charge in [-0.25, -0.2) is 0 Å². The topological polar surface area (TPSA) is 115 Å². The van der Waals surface area contributed by atoms with Gasteiger partial charge in [0.15, 0.2) is 29.1 Å². The minimum absolute atomic E-state index is 0.0650. The fourth-order valence-electron chi connectivity index (χ4n) is 2.70. The molecular weight excluding hydrogens is 392 g/mol. The van der Waals surface area contributed by atoms with Crippen LogP contribution in [0.4, 0.5) is 0 Å². The fraction of sp³-hybridized carbons (Fsp3) is 0.318. The number of aromatic hydroxyl groups is 1. The fourth-order valence-corrected chi connectivity index (χ4v) is 2.70. The van der Waals surface area contributed by atoms with Crippen LogP contribution in [0.2, 0.25) is 0 Å². The van der Waals surface area contributed by atoms with Crippen LogP contribution in [0.25, 0.3) is 6.08 Å². The van der Waals surface area contributed by atoms with E-state index >= 15 is 0 Å². The number of ether oxygens (including phenoxy) is 4.